The monoisotopic (exact) mass is 281 g/mol. The van der Waals surface area contributed by atoms with E-state index in [4.69, 9.17) is 22.1 Å². The summed E-state index contributed by atoms with van der Waals surface area (Å²) in [5.74, 6) is -0.00944. The van der Waals surface area contributed by atoms with Crippen LogP contribution in [-0.2, 0) is 0 Å². The third kappa shape index (κ3) is 2.80. The highest BCUT2D eigenvalue weighted by Gasteiger charge is 2.18. The molecule has 3 N–H and O–H groups in total. The Kier molecular flexibility index (Phi) is 3.93. The summed E-state index contributed by atoms with van der Waals surface area (Å²) in [7, 11) is 1.48. The first kappa shape index (κ1) is 13.6. The zero-order valence-corrected chi connectivity index (χ0v) is 11.0. The van der Waals surface area contributed by atoms with Crippen molar-refractivity contribution in [2.24, 2.45) is 0 Å². The summed E-state index contributed by atoms with van der Waals surface area (Å²) in [6.07, 6.45) is -1.11. The van der Waals surface area contributed by atoms with Crippen LogP contribution in [0.25, 0.3) is 0 Å². The van der Waals surface area contributed by atoms with Crippen LogP contribution in [0.4, 0.5) is 10.1 Å². The molecular formula is C14H13ClFNO2. The minimum Gasteiger partial charge on any atom is -0.496 e. The van der Waals surface area contributed by atoms with Crippen molar-refractivity contribution in [2.75, 3.05) is 12.8 Å². The molecule has 0 aliphatic heterocycles. The Hall–Kier alpha value is -1.78. The number of aliphatic hydroxyl groups excluding tert-OH is 1. The molecule has 0 amide bonds. The van der Waals surface area contributed by atoms with Gasteiger partial charge in [-0.05, 0) is 36.4 Å². The second kappa shape index (κ2) is 5.47. The average molecular weight is 282 g/mol. The van der Waals surface area contributed by atoms with Gasteiger partial charge in [-0.25, -0.2) is 4.39 Å². The van der Waals surface area contributed by atoms with Crippen molar-refractivity contribution in [1.29, 1.82) is 0 Å². The van der Waals surface area contributed by atoms with Crippen LogP contribution in [0.3, 0.4) is 0 Å². The fourth-order valence-corrected chi connectivity index (χ4v) is 2.05. The standard InChI is InChI=1S/C14H13ClFNO2/c1-19-13-5-2-8(15)6-11(13)14(18)10-7-9(16)3-4-12(10)17/h2-7,14,18H,17H2,1H3. The van der Waals surface area contributed by atoms with E-state index < -0.39 is 11.9 Å². The van der Waals surface area contributed by atoms with Gasteiger partial charge in [0.2, 0.25) is 0 Å². The van der Waals surface area contributed by atoms with Gasteiger partial charge < -0.3 is 15.6 Å². The fraction of sp³-hybridized carbons (Fsp3) is 0.143. The Labute approximate surface area is 115 Å². The predicted molar refractivity (Wildman–Crippen MR) is 72.9 cm³/mol. The molecular weight excluding hydrogens is 269 g/mol. The fourth-order valence-electron chi connectivity index (χ4n) is 1.87. The Bertz CT molecular complexity index is 604. The lowest BCUT2D eigenvalue weighted by molar-refractivity contribution is 0.215. The van der Waals surface area contributed by atoms with Crippen LogP contribution in [0.2, 0.25) is 5.02 Å². The van der Waals surface area contributed by atoms with Crippen LogP contribution in [0.5, 0.6) is 5.75 Å². The molecule has 100 valence electrons. The molecule has 0 saturated heterocycles. The smallest absolute Gasteiger partial charge is 0.125 e. The zero-order chi connectivity index (χ0) is 14.0. The van der Waals surface area contributed by atoms with Crippen molar-refractivity contribution in [3.8, 4) is 5.75 Å². The maximum atomic E-state index is 13.3. The van der Waals surface area contributed by atoms with Crippen molar-refractivity contribution in [1.82, 2.24) is 0 Å². The summed E-state index contributed by atoms with van der Waals surface area (Å²) < 4.78 is 18.4. The van der Waals surface area contributed by atoms with Crippen LogP contribution in [0, 0.1) is 5.82 Å². The van der Waals surface area contributed by atoms with Crippen molar-refractivity contribution < 1.29 is 14.2 Å². The molecule has 19 heavy (non-hydrogen) atoms. The summed E-state index contributed by atoms with van der Waals surface area (Å²) in [6.45, 7) is 0. The van der Waals surface area contributed by atoms with E-state index >= 15 is 0 Å². The molecule has 2 rings (SSSR count). The van der Waals surface area contributed by atoms with Crippen molar-refractivity contribution in [3.63, 3.8) is 0 Å². The Balaban J connectivity index is 2.51. The molecule has 0 aromatic heterocycles. The normalized spacial score (nSPS) is 12.2. The second-order valence-corrected chi connectivity index (χ2v) is 4.50. The average Bonchev–Trinajstić information content (AvgIpc) is 2.40. The Morgan fingerprint density at radius 3 is 2.63 bits per heavy atom. The number of nitrogens with two attached hydrogens (primary N) is 1. The molecule has 0 heterocycles. The van der Waals surface area contributed by atoms with Crippen molar-refractivity contribution >= 4 is 17.3 Å². The second-order valence-electron chi connectivity index (χ2n) is 4.06. The first-order valence-electron chi connectivity index (χ1n) is 5.59. The van der Waals surface area contributed by atoms with E-state index in [1.807, 2.05) is 0 Å². The van der Waals surface area contributed by atoms with Crippen molar-refractivity contribution in [3.05, 3.63) is 58.4 Å². The van der Waals surface area contributed by atoms with Crippen LogP contribution in [-0.4, -0.2) is 12.2 Å². The maximum Gasteiger partial charge on any atom is 0.125 e. The lowest BCUT2D eigenvalue weighted by Crippen LogP contribution is -2.06. The van der Waals surface area contributed by atoms with Gasteiger partial charge in [0.25, 0.3) is 0 Å². The van der Waals surface area contributed by atoms with Gasteiger partial charge in [-0.2, -0.15) is 0 Å². The molecule has 0 bridgehead atoms. The molecule has 1 unspecified atom stereocenters. The summed E-state index contributed by atoms with van der Waals surface area (Å²) in [6, 6.07) is 8.68. The highest BCUT2D eigenvalue weighted by molar-refractivity contribution is 6.30. The largest absolute Gasteiger partial charge is 0.496 e. The van der Waals surface area contributed by atoms with E-state index in [0.717, 1.165) is 0 Å². The number of rotatable bonds is 3. The topological polar surface area (TPSA) is 55.5 Å². The SMILES string of the molecule is COc1ccc(Cl)cc1C(O)c1cc(F)ccc1N. The third-order valence-corrected chi connectivity index (χ3v) is 3.06. The maximum absolute atomic E-state index is 13.3. The Morgan fingerprint density at radius 1 is 1.21 bits per heavy atom. The minimum absolute atomic E-state index is 0.278. The molecule has 2 aromatic carbocycles. The quantitative estimate of drug-likeness (QED) is 0.850. The lowest BCUT2D eigenvalue weighted by Gasteiger charge is -2.17. The van der Waals surface area contributed by atoms with Gasteiger partial charge in [0.1, 0.15) is 17.7 Å². The summed E-state index contributed by atoms with van der Waals surface area (Å²) >= 11 is 5.90. The van der Waals surface area contributed by atoms with Gasteiger partial charge in [0.05, 0.1) is 7.11 Å². The molecule has 0 spiro atoms. The number of anilines is 1. The zero-order valence-electron chi connectivity index (χ0n) is 10.2. The van der Waals surface area contributed by atoms with Gasteiger partial charge >= 0.3 is 0 Å². The van der Waals surface area contributed by atoms with Crippen LogP contribution in [0.15, 0.2) is 36.4 Å². The van der Waals surface area contributed by atoms with Crippen LogP contribution >= 0.6 is 11.6 Å². The number of nitrogen functional groups attached to an aromatic ring is 1. The number of hydrogen-bond acceptors (Lipinski definition) is 3. The van der Waals surface area contributed by atoms with Gasteiger partial charge in [-0.15, -0.1) is 0 Å². The molecule has 3 nitrogen and oxygen atoms in total. The number of ether oxygens (including phenoxy) is 1. The molecule has 1 atom stereocenters. The molecule has 2 aromatic rings. The van der Waals surface area contributed by atoms with Crippen molar-refractivity contribution in [2.45, 2.75) is 6.10 Å². The summed E-state index contributed by atoms with van der Waals surface area (Å²) in [4.78, 5) is 0. The molecule has 0 aliphatic carbocycles. The predicted octanol–water partition coefficient (Wildman–Crippen LogP) is 3.15. The van der Waals surface area contributed by atoms with Gasteiger partial charge in [-0.3, -0.25) is 0 Å². The summed E-state index contributed by atoms with van der Waals surface area (Å²) in [5.41, 5.74) is 6.77. The minimum atomic E-state index is -1.11. The number of hydrogen-bond donors (Lipinski definition) is 2. The number of aliphatic hydroxyl groups is 1. The number of methoxy groups -OCH3 is 1. The van der Waals surface area contributed by atoms with E-state index in [9.17, 15) is 9.50 Å². The molecule has 0 fully saturated rings. The highest BCUT2D eigenvalue weighted by Crippen LogP contribution is 2.34. The van der Waals surface area contributed by atoms with E-state index in [2.05, 4.69) is 0 Å². The molecule has 0 radical (unpaired) electrons. The van der Waals surface area contributed by atoms with E-state index in [1.165, 1.54) is 25.3 Å². The first-order valence-corrected chi connectivity index (χ1v) is 5.97. The highest BCUT2D eigenvalue weighted by atomic mass is 35.5. The lowest BCUT2D eigenvalue weighted by atomic mass is 9.99. The van der Waals surface area contributed by atoms with Gasteiger partial charge in [0, 0.05) is 21.8 Å². The van der Waals surface area contributed by atoms with Gasteiger partial charge in [-0.1, -0.05) is 11.6 Å². The van der Waals surface area contributed by atoms with Gasteiger partial charge in [0.15, 0.2) is 0 Å². The molecule has 5 heteroatoms. The Morgan fingerprint density at radius 2 is 1.95 bits per heavy atom. The summed E-state index contributed by atoms with van der Waals surface area (Å²) in [5, 5.41) is 10.8. The van der Waals surface area contributed by atoms with E-state index in [1.54, 1.807) is 18.2 Å². The number of benzene rings is 2. The molecule has 0 saturated carbocycles. The number of halogens is 2. The van der Waals surface area contributed by atoms with E-state index in [0.29, 0.717) is 22.0 Å². The molecule has 0 aliphatic rings. The van der Waals surface area contributed by atoms with Crippen LogP contribution in [0.1, 0.15) is 17.2 Å². The first-order chi connectivity index (χ1) is 9.02. The van der Waals surface area contributed by atoms with E-state index in [-0.39, 0.29) is 5.56 Å². The third-order valence-electron chi connectivity index (χ3n) is 2.83. The van der Waals surface area contributed by atoms with Crippen LogP contribution < -0.4 is 10.5 Å².